The molecule has 0 saturated heterocycles. The van der Waals surface area contributed by atoms with Crippen molar-refractivity contribution in [2.75, 3.05) is 13.2 Å². The van der Waals surface area contributed by atoms with Crippen LogP contribution in [0, 0.1) is 0 Å². The summed E-state index contributed by atoms with van der Waals surface area (Å²) >= 11 is 0. The highest BCUT2D eigenvalue weighted by Crippen LogP contribution is 2.21. The van der Waals surface area contributed by atoms with Crippen LogP contribution < -0.4 is 5.32 Å². The Morgan fingerprint density at radius 3 is 2.67 bits per heavy atom. The molecule has 15 heavy (non-hydrogen) atoms. The summed E-state index contributed by atoms with van der Waals surface area (Å²) in [7, 11) is 0. The summed E-state index contributed by atoms with van der Waals surface area (Å²) in [6, 6.07) is 11.2. The summed E-state index contributed by atoms with van der Waals surface area (Å²) in [5.41, 5.74) is 1.27. The molecule has 1 aromatic carbocycles. The highest BCUT2D eigenvalue weighted by molar-refractivity contribution is 5.18. The van der Waals surface area contributed by atoms with E-state index in [-0.39, 0.29) is 6.10 Å². The van der Waals surface area contributed by atoms with Crippen LogP contribution in [0.15, 0.2) is 30.3 Å². The van der Waals surface area contributed by atoms with E-state index in [2.05, 4.69) is 29.6 Å². The van der Waals surface area contributed by atoms with Gasteiger partial charge in [0.1, 0.15) is 0 Å². The standard InChI is InChI=1S/C13H19NO/c1-2-15-13(10-14-12-8-9-12)11-6-4-3-5-7-11/h3-7,12-14H,2,8-10H2,1H3. The van der Waals surface area contributed by atoms with E-state index >= 15 is 0 Å². The Kier molecular flexibility index (Phi) is 3.75. The van der Waals surface area contributed by atoms with Crippen LogP contribution in [-0.2, 0) is 4.74 Å². The van der Waals surface area contributed by atoms with Crippen molar-refractivity contribution in [1.29, 1.82) is 0 Å². The van der Waals surface area contributed by atoms with E-state index in [1.54, 1.807) is 0 Å². The molecule has 1 aliphatic rings. The number of nitrogens with one attached hydrogen (secondary N) is 1. The molecule has 0 aliphatic heterocycles. The lowest BCUT2D eigenvalue weighted by Gasteiger charge is -2.17. The smallest absolute Gasteiger partial charge is 0.0949 e. The van der Waals surface area contributed by atoms with Gasteiger partial charge >= 0.3 is 0 Å². The van der Waals surface area contributed by atoms with E-state index in [9.17, 15) is 0 Å². The molecule has 1 aliphatic carbocycles. The van der Waals surface area contributed by atoms with Crippen molar-refractivity contribution in [2.24, 2.45) is 0 Å². The van der Waals surface area contributed by atoms with Gasteiger partial charge in [-0.2, -0.15) is 0 Å². The zero-order valence-electron chi connectivity index (χ0n) is 9.28. The molecule has 1 N–H and O–H groups in total. The van der Waals surface area contributed by atoms with Gasteiger partial charge in [-0.3, -0.25) is 0 Å². The van der Waals surface area contributed by atoms with Gasteiger partial charge in [0.2, 0.25) is 0 Å². The molecule has 1 unspecified atom stereocenters. The molecule has 0 bridgehead atoms. The third-order valence-corrected chi connectivity index (χ3v) is 2.71. The molecule has 2 heteroatoms. The number of ether oxygens (including phenoxy) is 1. The van der Waals surface area contributed by atoms with Crippen LogP contribution in [0.3, 0.4) is 0 Å². The number of hydrogen-bond acceptors (Lipinski definition) is 2. The van der Waals surface area contributed by atoms with E-state index in [1.807, 2.05) is 13.0 Å². The fourth-order valence-electron chi connectivity index (χ4n) is 1.70. The molecule has 2 rings (SSSR count). The third-order valence-electron chi connectivity index (χ3n) is 2.71. The number of rotatable bonds is 6. The van der Waals surface area contributed by atoms with E-state index in [0.717, 1.165) is 19.2 Å². The predicted molar refractivity (Wildman–Crippen MR) is 61.8 cm³/mol. The lowest BCUT2D eigenvalue weighted by Crippen LogP contribution is -2.25. The summed E-state index contributed by atoms with van der Waals surface area (Å²) in [4.78, 5) is 0. The predicted octanol–water partition coefficient (Wildman–Crippen LogP) is 2.52. The first-order valence-electron chi connectivity index (χ1n) is 5.80. The van der Waals surface area contributed by atoms with E-state index in [1.165, 1.54) is 18.4 Å². The number of benzene rings is 1. The van der Waals surface area contributed by atoms with E-state index < -0.39 is 0 Å². The van der Waals surface area contributed by atoms with Gasteiger partial charge in [0.15, 0.2) is 0 Å². The van der Waals surface area contributed by atoms with Crippen LogP contribution in [-0.4, -0.2) is 19.2 Å². The maximum Gasteiger partial charge on any atom is 0.0949 e. The summed E-state index contributed by atoms with van der Waals surface area (Å²) < 4.78 is 5.74. The quantitative estimate of drug-likeness (QED) is 0.770. The second kappa shape index (κ2) is 5.29. The van der Waals surface area contributed by atoms with Crippen LogP contribution in [0.5, 0.6) is 0 Å². The van der Waals surface area contributed by atoms with Gasteiger partial charge in [-0.25, -0.2) is 0 Å². The van der Waals surface area contributed by atoms with E-state index in [4.69, 9.17) is 4.74 Å². The van der Waals surface area contributed by atoms with Gasteiger partial charge in [0.05, 0.1) is 6.10 Å². The minimum atomic E-state index is 0.205. The van der Waals surface area contributed by atoms with Gasteiger partial charge in [-0.1, -0.05) is 30.3 Å². The van der Waals surface area contributed by atoms with Crippen molar-refractivity contribution in [2.45, 2.75) is 31.9 Å². The molecule has 0 aromatic heterocycles. The molecule has 0 heterocycles. The Morgan fingerprint density at radius 1 is 1.33 bits per heavy atom. The van der Waals surface area contributed by atoms with Gasteiger partial charge < -0.3 is 10.1 Å². The van der Waals surface area contributed by atoms with Crippen LogP contribution in [0.25, 0.3) is 0 Å². The van der Waals surface area contributed by atoms with Crippen molar-refractivity contribution in [1.82, 2.24) is 5.32 Å². The zero-order chi connectivity index (χ0) is 10.5. The molecule has 1 saturated carbocycles. The molecule has 0 radical (unpaired) electrons. The normalized spacial score (nSPS) is 17.7. The summed E-state index contributed by atoms with van der Waals surface area (Å²) in [6.07, 6.45) is 2.86. The Hall–Kier alpha value is -0.860. The largest absolute Gasteiger partial charge is 0.372 e. The van der Waals surface area contributed by atoms with Crippen molar-refractivity contribution in [3.63, 3.8) is 0 Å². The van der Waals surface area contributed by atoms with Gasteiger partial charge in [-0.05, 0) is 25.3 Å². The Labute approximate surface area is 91.6 Å². The van der Waals surface area contributed by atoms with E-state index in [0.29, 0.717) is 0 Å². The van der Waals surface area contributed by atoms with Gasteiger partial charge in [-0.15, -0.1) is 0 Å². The van der Waals surface area contributed by atoms with Crippen LogP contribution in [0.4, 0.5) is 0 Å². The van der Waals surface area contributed by atoms with Crippen LogP contribution in [0.2, 0.25) is 0 Å². The summed E-state index contributed by atoms with van der Waals surface area (Å²) in [5, 5.41) is 3.51. The fourth-order valence-corrected chi connectivity index (χ4v) is 1.70. The van der Waals surface area contributed by atoms with Crippen molar-refractivity contribution in [3.05, 3.63) is 35.9 Å². The molecule has 1 fully saturated rings. The summed E-state index contributed by atoms with van der Waals surface area (Å²) in [6.45, 7) is 3.75. The minimum Gasteiger partial charge on any atom is -0.372 e. The van der Waals surface area contributed by atoms with Crippen LogP contribution in [0.1, 0.15) is 31.4 Å². The van der Waals surface area contributed by atoms with Crippen LogP contribution >= 0.6 is 0 Å². The lowest BCUT2D eigenvalue weighted by atomic mass is 10.1. The maximum atomic E-state index is 5.74. The maximum absolute atomic E-state index is 5.74. The Balaban J connectivity index is 1.91. The first-order valence-corrected chi connectivity index (χ1v) is 5.80. The van der Waals surface area contributed by atoms with Gasteiger partial charge in [0, 0.05) is 19.2 Å². The third kappa shape index (κ3) is 3.33. The minimum absolute atomic E-state index is 0.205. The first kappa shape index (κ1) is 10.7. The molecule has 1 aromatic rings. The van der Waals surface area contributed by atoms with Crippen molar-refractivity contribution in [3.8, 4) is 0 Å². The first-order chi connectivity index (χ1) is 7.40. The second-order valence-electron chi connectivity index (χ2n) is 4.04. The fraction of sp³-hybridized carbons (Fsp3) is 0.538. The highest BCUT2D eigenvalue weighted by Gasteiger charge is 2.22. The molecule has 0 amide bonds. The average molecular weight is 205 g/mol. The zero-order valence-corrected chi connectivity index (χ0v) is 9.28. The molecule has 82 valence electrons. The van der Waals surface area contributed by atoms with Crippen molar-refractivity contribution < 1.29 is 4.74 Å². The lowest BCUT2D eigenvalue weighted by molar-refractivity contribution is 0.0621. The van der Waals surface area contributed by atoms with Gasteiger partial charge in [0.25, 0.3) is 0 Å². The Morgan fingerprint density at radius 2 is 2.07 bits per heavy atom. The average Bonchev–Trinajstić information content (AvgIpc) is 3.09. The molecular formula is C13H19NO. The number of hydrogen-bond donors (Lipinski definition) is 1. The highest BCUT2D eigenvalue weighted by atomic mass is 16.5. The second-order valence-corrected chi connectivity index (χ2v) is 4.04. The molecular weight excluding hydrogens is 186 g/mol. The monoisotopic (exact) mass is 205 g/mol. The summed E-state index contributed by atoms with van der Waals surface area (Å²) in [5.74, 6) is 0. The van der Waals surface area contributed by atoms with Crippen molar-refractivity contribution >= 4 is 0 Å². The topological polar surface area (TPSA) is 21.3 Å². The SMILES string of the molecule is CCOC(CNC1CC1)c1ccccc1. The molecule has 2 nitrogen and oxygen atoms in total. The molecule has 1 atom stereocenters. The Bertz CT molecular complexity index is 282. The molecule has 0 spiro atoms.